The summed E-state index contributed by atoms with van der Waals surface area (Å²) in [5, 5.41) is 4.92. The molecule has 0 heterocycles. The highest BCUT2D eigenvalue weighted by molar-refractivity contribution is 6.03. The molecule has 0 aromatic heterocycles. The predicted molar refractivity (Wildman–Crippen MR) is 106 cm³/mol. The van der Waals surface area contributed by atoms with Crippen LogP contribution in [0.4, 0.5) is 5.69 Å². The van der Waals surface area contributed by atoms with Gasteiger partial charge in [0.25, 0.3) is 5.91 Å². The molecule has 0 radical (unpaired) electrons. The molecular weight excluding hydrogens is 342 g/mol. The molecule has 0 saturated heterocycles. The van der Waals surface area contributed by atoms with Crippen LogP contribution in [0.25, 0.3) is 10.8 Å². The largest absolute Gasteiger partial charge is 0.493 e. The van der Waals surface area contributed by atoms with Crippen LogP contribution >= 0.6 is 0 Å². The summed E-state index contributed by atoms with van der Waals surface area (Å²) in [5.41, 5.74) is 1.25. The van der Waals surface area contributed by atoms with Crippen molar-refractivity contribution in [2.75, 3.05) is 12.4 Å². The second-order valence-corrected chi connectivity index (χ2v) is 6.20. The van der Waals surface area contributed by atoms with Gasteiger partial charge in [0.05, 0.1) is 7.11 Å². The first-order valence-corrected chi connectivity index (χ1v) is 8.64. The number of ether oxygens (including phenoxy) is 2. The molecule has 5 heteroatoms. The van der Waals surface area contributed by atoms with E-state index in [2.05, 4.69) is 5.32 Å². The lowest BCUT2D eigenvalue weighted by Gasteiger charge is -2.17. The fourth-order valence-electron chi connectivity index (χ4n) is 2.80. The van der Waals surface area contributed by atoms with E-state index in [4.69, 9.17) is 9.47 Å². The molecular formula is C22H21NO4. The Kier molecular flexibility index (Phi) is 5.41. The molecule has 0 fully saturated rings. The van der Waals surface area contributed by atoms with E-state index in [-0.39, 0.29) is 11.7 Å². The molecule has 0 aliphatic heterocycles. The predicted octanol–water partition coefficient (Wildman–Crippen LogP) is 4.46. The molecule has 5 nitrogen and oxygen atoms in total. The van der Waals surface area contributed by atoms with Gasteiger partial charge >= 0.3 is 0 Å². The standard InChI is InChI=1S/C22H21NO4/c1-14(24)17-11-12-20(21(13-17)26-3)27-15(2)22(25)23-19-10-6-8-16-7-4-5-9-18(16)19/h4-13,15H,1-3H3,(H,23,25)/t15-/m0/s1. The number of carbonyl (C=O) groups excluding carboxylic acids is 2. The van der Waals surface area contributed by atoms with Crippen molar-refractivity contribution in [1.82, 2.24) is 0 Å². The Morgan fingerprint density at radius 1 is 0.963 bits per heavy atom. The Balaban J connectivity index is 1.77. The number of ketones is 1. The van der Waals surface area contributed by atoms with Gasteiger partial charge in [0.15, 0.2) is 23.4 Å². The van der Waals surface area contributed by atoms with Crippen molar-refractivity contribution >= 4 is 28.2 Å². The SMILES string of the molecule is COc1cc(C(C)=O)ccc1O[C@@H](C)C(=O)Nc1cccc2ccccc12. The molecule has 3 aromatic rings. The maximum absolute atomic E-state index is 12.6. The quantitative estimate of drug-likeness (QED) is 0.657. The number of carbonyl (C=O) groups is 2. The van der Waals surface area contributed by atoms with Gasteiger partial charge in [-0.1, -0.05) is 36.4 Å². The Morgan fingerprint density at radius 2 is 1.70 bits per heavy atom. The number of methoxy groups -OCH3 is 1. The highest BCUT2D eigenvalue weighted by Gasteiger charge is 2.18. The van der Waals surface area contributed by atoms with Crippen molar-refractivity contribution in [3.63, 3.8) is 0 Å². The van der Waals surface area contributed by atoms with Crippen LogP contribution in [0, 0.1) is 0 Å². The maximum Gasteiger partial charge on any atom is 0.265 e. The van der Waals surface area contributed by atoms with Crippen molar-refractivity contribution in [1.29, 1.82) is 0 Å². The summed E-state index contributed by atoms with van der Waals surface area (Å²) in [6, 6.07) is 18.5. The molecule has 0 aliphatic carbocycles. The fraction of sp³-hybridized carbons (Fsp3) is 0.182. The number of amides is 1. The minimum atomic E-state index is -0.749. The average molecular weight is 363 g/mol. The number of benzene rings is 3. The van der Waals surface area contributed by atoms with Crippen molar-refractivity contribution in [3.05, 3.63) is 66.2 Å². The van der Waals surface area contributed by atoms with Gasteiger partial charge in [0.2, 0.25) is 0 Å². The van der Waals surface area contributed by atoms with Crippen LogP contribution in [0.2, 0.25) is 0 Å². The van der Waals surface area contributed by atoms with Gasteiger partial charge in [-0.05, 0) is 43.5 Å². The molecule has 27 heavy (non-hydrogen) atoms. The molecule has 0 saturated carbocycles. The Morgan fingerprint density at radius 3 is 2.44 bits per heavy atom. The highest BCUT2D eigenvalue weighted by atomic mass is 16.5. The number of hydrogen-bond donors (Lipinski definition) is 1. The summed E-state index contributed by atoms with van der Waals surface area (Å²) in [4.78, 5) is 24.1. The number of fused-ring (bicyclic) bond motifs is 1. The molecule has 3 aromatic carbocycles. The first kappa shape index (κ1) is 18.5. The van der Waals surface area contributed by atoms with E-state index in [0.717, 1.165) is 16.5 Å². The molecule has 0 unspecified atom stereocenters. The van der Waals surface area contributed by atoms with Crippen molar-refractivity contribution < 1.29 is 19.1 Å². The van der Waals surface area contributed by atoms with E-state index < -0.39 is 6.10 Å². The first-order valence-electron chi connectivity index (χ1n) is 8.64. The summed E-state index contributed by atoms with van der Waals surface area (Å²) in [7, 11) is 1.49. The highest BCUT2D eigenvalue weighted by Crippen LogP contribution is 2.29. The smallest absolute Gasteiger partial charge is 0.265 e. The van der Waals surface area contributed by atoms with E-state index in [0.29, 0.717) is 17.1 Å². The van der Waals surface area contributed by atoms with E-state index >= 15 is 0 Å². The van der Waals surface area contributed by atoms with Gasteiger partial charge in [-0.2, -0.15) is 0 Å². The Hall–Kier alpha value is -3.34. The summed E-state index contributed by atoms with van der Waals surface area (Å²) in [6.45, 7) is 3.15. The zero-order chi connectivity index (χ0) is 19.4. The third-order valence-corrected chi connectivity index (χ3v) is 4.29. The summed E-state index contributed by atoms with van der Waals surface area (Å²) >= 11 is 0. The maximum atomic E-state index is 12.6. The van der Waals surface area contributed by atoms with Crippen LogP contribution in [-0.4, -0.2) is 24.9 Å². The zero-order valence-electron chi connectivity index (χ0n) is 15.5. The number of hydrogen-bond acceptors (Lipinski definition) is 4. The summed E-state index contributed by atoms with van der Waals surface area (Å²) in [5.74, 6) is 0.473. The molecule has 138 valence electrons. The third-order valence-electron chi connectivity index (χ3n) is 4.29. The second-order valence-electron chi connectivity index (χ2n) is 6.20. The van der Waals surface area contributed by atoms with Crippen LogP contribution in [-0.2, 0) is 4.79 Å². The molecule has 1 N–H and O–H groups in total. The number of Topliss-reactive ketones (excluding diaryl/α,β-unsaturated/α-hetero) is 1. The van der Waals surface area contributed by atoms with Gasteiger partial charge in [-0.3, -0.25) is 9.59 Å². The van der Waals surface area contributed by atoms with Gasteiger partial charge in [0, 0.05) is 16.6 Å². The molecule has 0 spiro atoms. The van der Waals surface area contributed by atoms with E-state index in [9.17, 15) is 9.59 Å². The number of nitrogens with one attached hydrogen (secondary N) is 1. The van der Waals surface area contributed by atoms with Gasteiger partial charge in [-0.15, -0.1) is 0 Å². The fourth-order valence-corrected chi connectivity index (χ4v) is 2.80. The molecule has 1 atom stereocenters. The monoisotopic (exact) mass is 363 g/mol. The normalized spacial score (nSPS) is 11.7. The average Bonchev–Trinajstić information content (AvgIpc) is 2.68. The van der Waals surface area contributed by atoms with Gasteiger partial charge in [-0.25, -0.2) is 0 Å². The number of anilines is 1. The lowest BCUT2D eigenvalue weighted by atomic mass is 10.1. The van der Waals surface area contributed by atoms with E-state index in [1.165, 1.54) is 14.0 Å². The van der Waals surface area contributed by atoms with E-state index in [1.807, 2.05) is 42.5 Å². The van der Waals surface area contributed by atoms with Gasteiger partial charge in [0.1, 0.15) is 0 Å². The van der Waals surface area contributed by atoms with Gasteiger partial charge < -0.3 is 14.8 Å². The second kappa shape index (κ2) is 7.91. The lowest BCUT2D eigenvalue weighted by molar-refractivity contribution is -0.122. The topological polar surface area (TPSA) is 64.6 Å². The van der Waals surface area contributed by atoms with Crippen molar-refractivity contribution in [2.45, 2.75) is 20.0 Å². The van der Waals surface area contributed by atoms with Crippen molar-refractivity contribution in [3.8, 4) is 11.5 Å². The van der Waals surface area contributed by atoms with Crippen LogP contribution in [0.3, 0.4) is 0 Å². The Bertz CT molecular complexity index is 991. The molecule has 1 amide bonds. The van der Waals surface area contributed by atoms with E-state index in [1.54, 1.807) is 25.1 Å². The van der Waals surface area contributed by atoms with Crippen LogP contribution in [0.1, 0.15) is 24.2 Å². The summed E-state index contributed by atoms with van der Waals surface area (Å²) < 4.78 is 11.1. The molecule has 0 aliphatic rings. The van der Waals surface area contributed by atoms with Crippen LogP contribution in [0.15, 0.2) is 60.7 Å². The first-order chi connectivity index (χ1) is 13.0. The van der Waals surface area contributed by atoms with Crippen LogP contribution < -0.4 is 14.8 Å². The minimum absolute atomic E-state index is 0.0680. The van der Waals surface area contributed by atoms with Crippen molar-refractivity contribution in [2.24, 2.45) is 0 Å². The summed E-state index contributed by atoms with van der Waals surface area (Å²) in [6.07, 6.45) is -0.749. The molecule has 0 bridgehead atoms. The van der Waals surface area contributed by atoms with Crippen LogP contribution in [0.5, 0.6) is 11.5 Å². The zero-order valence-corrected chi connectivity index (χ0v) is 15.5. The lowest BCUT2D eigenvalue weighted by Crippen LogP contribution is -2.30. The minimum Gasteiger partial charge on any atom is -0.493 e. The third kappa shape index (κ3) is 4.08. The molecule has 3 rings (SSSR count). The Labute approximate surface area is 157 Å². The number of rotatable bonds is 6.